The Morgan fingerprint density at radius 3 is 2.33 bits per heavy atom. The first-order valence-corrected chi connectivity index (χ1v) is 8.24. The molecule has 2 aromatic carbocycles. The van der Waals surface area contributed by atoms with Crippen LogP contribution >= 0.6 is 0 Å². The van der Waals surface area contributed by atoms with Gasteiger partial charge in [0.05, 0.1) is 40.4 Å². The highest BCUT2D eigenvalue weighted by Crippen LogP contribution is 2.24. The van der Waals surface area contributed by atoms with Crippen LogP contribution in [0.3, 0.4) is 0 Å². The monoisotopic (exact) mass is 331 g/mol. The Balaban J connectivity index is 1.60. The van der Waals surface area contributed by atoms with Gasteiger partial charge in [-0.05, 0) is 36.4 Å². The van der Waals surface area contributed by atoms with Crippen molar-refractivity contribution in [3.8, 4) is 11.5 Å². The summed E-state index contributed by atoms with van der Waals surface area (Å²) in [6.45, 7) is 4.97. The SMILES string of the molecule is COc1ccc(C[NH+]2CCN(c3ccc(F)cc3)CC2)c(OC)c1. The van der Waals surface area contributed by atoms with Crippen molar-refractivity contribution in [2.24, 2.45) is 0 Å². The quantitative estimate of drug-likeness (QED) is 0.904. The van der Waals surface area contributed by atoms with Gasteiger partial charge in [0.2, 0.25) is 0 Å². The minimum atomic E-state index is -0.186. The lowest BCUT2D eigenvalue weighted by Gasteiger charge is -2.33. The fourth-order valence-corrected chi connectivity index (χ4v) is 3.18. The molecule has 1 aliphatic heterocycles. The lowest BCUT2D eigenvalue weighted by atomic mass is 10.1. The number of quaternary nitrogens is 1. The van der Waals surface area contributed by atoms with Gasteiger partial charge in [-0.1, -0.05) is 0 Å². The van der Waals surface area contributed by atoms with Crippen molar-refractivity contribution in [3.05, 3.63) is 53.8 Å². The summed E-state index contributed by atoms with van der Waals surface area (Å²) in [5.41, 5.74) is 2.29. The van der Waals surface area contributed by atoms with Crippen LogP contribution in [0.15, 0.2) is 42.5 Å². The maximum absolute atomic E-state index is 13.0. The van der Waals surface area contributed by atoms with Crippen molar-refractivity contribution in [1.29, 1.82) is 0 Å². The fourth-order valence-electron chi connectivity index (χ4n) is 3.18. The minimum absolute atomic E-state index is 0.186. The van der Waals surface area contributed by atoms with E-state index < -0.39 is 0 Å². The second kappa shape index (κ2) is 7.53. The van der Waals surface area contributed by atoms with Gasteiger partial charge in [0.1, 0.15) is 23.9 Å². The van der Waals surface area contributed by atoms with Crippen LogP contribution < -0.4 is 19.3 Å². The third-order valence-electron chi connectivity index (χ3n) is 4.60. The molecule has 1 aliphatic rings. The lowest BCUT2D eigenvalue weighted by Crippen LogP contribution is -3.13. The molecule has 0 bridgehead atoms. The summed E-state index contributed by atoms with van der Waals surface area (Å²) < 4.78 is 23.8. The van der Waals surface area contributed by atoms with Crippen LogP contribution in [-0.2, 0) is 6.54 Å². The number of halogens is 1. The third kappa shape index (κ3) is 3.79. The molecule has 0 amide bonds. The number of piperazine rings is 1. The predicted molar refractivity (Wildman–Crippen MR) is 92.6 cm³/mol. The van der Waals surface area contributed by atoms with E-state index in [2.05, 4.69) is 11.0 Å². The normalized spacial score (nSPS) is 15.4. The summed E-state index contributed by atoms with van der Waals surface area (Å²) in [6, 6.07) is 12.7. The number of anilines is 1. The molecule has 0 unspecified atom stereocenters. The Morgan fingerprint density at radius 1 is 1.00 bits per heavy atom. The van der Waals surface area contributed by atoms with Gasteiger partial charge in [-0.25, -0.2) is 4.39 Å². The zero-order valence-electron chi connectivity index (χ0n) is 14.2. The zero-order chi connectivity index (χ0) is 16.9. The molecule has 24 heavy (non-hydrogen) atoms. The van der Waals surface area contributed by atoms with Gasteiger partial charge >= 0.3 is 0 Å². The van der Waals surface area contributed by atoms with Gasteiger partial charge in [-0.3, -0.25) is 0 Å². The summed E-state index contributed by atoms with van der Waals surface area (Å²) in [5, 5.41) is 0. The topological polar surface area (TPSA) is 26.1 Å². The van der Waals surface area contributed by atoms with E-state index in [9.17, 15) is 4.39 Å². The molecular formula is C19H24FN2O2+. The zero-order valence-corrected chi connectivity index (χ0v) is 14.2. The van der Waals surface area contributed by atoms with E-state index in [-0.39, 0.29) is 5.82 Å². The molecule has 128 valence electrons. The van der Waals surface area contributed by atoms with E-state index in [4.69, 9.17) is 9.47 Å². The Hall–Kier alpha value is -2.27. The first kappa shape index (κ1) is 16.6. The Labute approximate surface area is 142 Å². The highest BCUT2D eigenvalue weighted by atomic mass is 19.1. The van der Waals surface area contributed by atoms with Gasteiger partial charge in [0.15, 0.2) is 0 Å². The second-order valence-corrected chi connectivity index (χ2v) is 6.07. The van der Waals surface area contributed by atoms with Gasteiger partial charge in [0, 0.05) is 17.3 Å². The summed E-state index contributed by atoms with van der Waals surface area (Å²) in [5.74, 6) is 1.50. The van der Waals surface area contributed by atoms with Crippen LogP contribution in [-0.4, -0.2) is 40.4 Å². The Morgan fingerprint density at radius 2 is 1.71 bits per heavy atom. The average Bonchev–Trinajstić information content (AvgIpc) is 2.63. The molecule has 0 spiro atoms. The van der Waals surface area contributed by atoms with E-state index in [1.54, 1.807) is 14.2 Å². The Kier molecular flexibility index (Phi) is 5.20. The van der Waals surface area contributed by atoms with E-state index in [0.29, 0.717) is 0 Å². The first-order chi connectivity index (χ1) is 11.7. The number of rotatable bonds is 5. The number of nitrogens with one attached hydrogen (secondary N) is 1. The number of nitrogens with zero attached hydrogens (tertiary/aromatic N) is 1. The third-order valence-corrected chi connectivity index (χ3v) is 4.60. The van der Waals surface area contributed by atoms with Gasteiger partial charge in [0.25, 0.3) is 0 Å². The number of benzene rings is 2. The minimum Gasteiger partial charge on any atom is -0.497 e. The molecular weight excluding hydrogens is 307 g/mol. The summed E-state index contributed by atoms with van der Waals surface area (Å²) in [4.78, 5) is 3.84. The fraction of sp³-hybridized carbons (Fsp3) is 0.368. The van der Waals surface area contributed by atoms with Crippen LogP contribution in [0.25, 0.3) is 0 Å². The van der Waals surface area contributed by atoms with Crippen molar-refractivity contribution < 1.29 is 18.8 Å². The van der Waals surface area contributed by atoms with E-state index in [1.807, 2.05) is 24.3 Å². The van der Waals surface area contributed by atoms with Crippen LogP contribution in [0, 0.1) is 5.82 Å². The molecule has 1 N–H and O–H groups in total. The van der Waals surface area contributed by atoms with Gasteiger partial charge in [-0.2, -0.15) is 0 Å². The summed E-state index contributed by atoms with van der Waals surface area (Å²) in [7, 11) is 3.36. The highest BCUT2D eigenvalue weighted by molar-refractivity contribution is 5.46. The molecule has 1 saturated heterocycles. The number of methoxy groups -OCH3 is 2. The van der Waals surface area contributed by atoms with Crippen LogP contribution in [0.2, 0.25) is 0 Å². The van der Waals surface area contributed by atoms with Gasteiger partial charge < -0.3 is 19.3 Å². The summed E-state index contributed by atoms with van der Waals surface area (Å²) in [6.07, 6.45) is 0. The number of hydrogen-bond donors (Lipinski definition) is 1. The largest absolute Gasteiger partial charge is 0.497 e. The maximum atomic E-state index is 13.0. The molecule has 1 fully saturated rings. The molecule has 1 heterocycles. The van der Waals surface area contributed by atoms with Crippen molar-refractivity contribution in [1.82, 2.24) is 0 Å². The smallest absolute Gasteiger partial charge is 0.131 e. The standard InChI is InChI=1S/C19H23FN2O2/c1-23-18-8-3-15(19(13-18)24-2)14-21-9-11-22(12-10-21)17-6-4-16(20)5-7-17/h3-8,13H,9-12,14H2,1-2H3/p+1. The van der Waals surface area contributed by atoms with Crippen LogP contribution in [0.5, 0.6) is 11.5 Å². The van der Waals surface area contributed by atoms with Crippen LogP contribution in [0.4, 0.5) is 10.1 Å². The summed E-state index contributed by atoms with van der Waals surface area (Å²) >= 11 is 0. The average molecular weight is 331 g/mol. The molecule has 0 aliphatic carbocycles. The Bertz CT molecular complexity index is 668. The number of hydrogen-bond acceptors (Lipinski definition) is 3. The van der Waals surface area contributed by atoms with E-state index >= 15 is 0 Å². The highest BCUT2D eigenvalue weighted by Gasteiger charge is 2.21. The van der Waals surface area contributed by atoms with E-state index in [1.165, 1.54) is 22.6 Å². The molecule has 4 nitrogen and oxygen atoms in total. The molecule has 3 rings (SSSR count). The number of ether oxygens (including phenoxy) is 2. The molecule has 5 heteroatoms. The van der Waals surface area contributed by atoms with Crippen molar-refractivity contribution in [2.45, 2.75) is 6.54 Å². The van der Waals surface area contributed by atoms with Gasteiger partial charge in [-0.15, -0.1) is 0 Å². The molecule has 0 saturated carbocycles. The maximum Gasteiger partial charge on any atom is 0.131 e. The van der Waals surface area contributed by atoms with Crippen molar-refractivity contribution in [3.63, 3.8) is 0 Å². The van der Waals surface area contributed by atoms with Crippen LogP contribution in [0.1, 0.15) is 5.56 Å². The second-order valence-electron chi connectivity index (χ2n) is 6.07. The first-order valence-electron chi connectivity index (χ1n) is 8.24. The molecule has 0 aromatic heterocycles. The predicted octanol–water partition coefficient (Wildman–Crippen LogP) is 1.75. The van der Waals surface area contributed by atoms with Crippen molar-refractivity contribution >= 4 is 5.69 Å². The van der Waals surface area contributed by atoms with Crippen molar-refractivity contribution in [2.75, 3.05) is 45.3 Å². The molecule has 0 radical (unpaired) electrons. The molecule has 2 aromatic rings. The van der Waals surface area contributed by atoms with E-state index in [0.717, 1.165) is 49.9 Å². The molecule has 0 atom stereocenters. The lowest BCUT2D eigenvalue weighted by molar-refractivity contribution is -0.914.